The van der Waals surface area contributed by atoms with Gasteiger partial charge in [-0.15, -0.1) is 0 Å². The van der Waals surface area contributed by atoms with Gasteiger partial charge in [-0.3, -0.25) is 0 Å². The standard InChI is InChI=1S/C14H29NO/c1-2-15(11-7-8-12-16)13-14-9-5-3-4-6-10-14/h14,16H,2-13H2,1H3. The highest BCUT2D eigenvalue weighted by Gasteiger charge is 2.15. The highest BCUT2D eigenvalue weighted by atomic mass is 16.2. The van der Waals surface area contributed by atoms with Crippen molar-refractivity contribution in [3.05, 3.63) is 0 Å². The van der Waals surface area contributed by atoms with E-state index < -0.39 is 0 Å². The van der Waals surface area contributed by atoms with Crippen LogP contribution in [0, 0.1) is 5.92 Å². The van der Waals surface area contributed by atoms with E-state index in [1.807, 2.05) is 0 Å². The summed E-state index contributed by atoms with van der Waals surface area (Å²) in [5.41, 5.74) is 0. The predicted octanol–water partition coefficient (Wildman–Crippen LogP) is 3.05. The van der Waals surface area contributed by atoms with E-state index >= 15 is 0 Å². The molecule has 1 rings (SSSR count). The van der Waals surface area contributed by atoms with Crippen molar-refractivity contribution >= 4 is 0 Å². The summed E-state index contributed by atoms with van der Waals surface area (Å²) in [6.45, 7) is 6.24. The van der Waals surface area contributed by atoms with Crippen molar-refractivity contribution in [3.63, 3.8) is 0 Å². The van der Waals surface area contributed by atoms with Crippen LogP contribution in [0.15, 0.2) is 0 Å². The monoisotopic (exact) mass is 227 g/mol. The maximum absolute atomic E-state index is 8.79. The summed E-state index contributed by atoms with van der Waals surface area (Å²) in [5.74, 6) is 0.941. The molecule has 1 saturated carbocycles. The first kappa shape index (κ1) is 14.0. The predicted molar refractivity (Wildman–Crippen MR) is 69.6 cm³/mol. The lowest BCUT2D eigenvalue weighted by Gasteiger charge is -2.25. The van der Waals surface area contributed by atoms with Crippen LogP contribution in [-0.2, 0) is 0 Å². The average molecular weight is 227 g/mol. The normalized spacial score (nSPS) is 18.9. The van der Waals surface area contributed by atoms with Crippen LogP contribution in [0.4, 0.5) is 0 Å². The summed E-state index contributed by atoms with van der Waals surface area (Å²) in [6, 6.07) is 0. The zero-order valence-corrected chi connectivity index (χ0v) is 11.0. The zero-order chi connectivity index (χ0) is 11.6. The number of rotatable bonds is 7. The second-order valence-corrected chi connectivity index (χ2v) is 5.18. The van der Waals surface area contributed by atoms with Crippen molar-refractivity contribution in [2.45, 2.75) is 58.3 Å². The summed E-state index contributed by atoms with van der Waals surface area (Å²) in [4.78, 5) is 2.58. The molecule has 0 unspecified atom stereocenters. The SMILES string of the molecule is CCN(CCCCO)CC1CCCCCC1. The van der Waals surface area contributed by atoms with Crippen LogP contribution in [0.2, 0.25) is 0 Å². The van der Waals surface area contributed by atoms with E-state index in [1.165, 1.54) is 58.2 Å². The van der Waals surface area contributed by atoms with Crippen molar-refractivity contribution in [1.29, 1.82) is 0 Å². The Kier molecular flexibility index (Phi) is 7.87. The molecule has 1 fully saturated rings. The molecule has 0 aromatic carbocycles. The molecule has 96 valence electrons. The van der Waals surface area contributed by atoms with Gasteiger partial charge in [-0.25, -0.2) is 0 Å². The first-order valence-corrected chi connectivity index (χ1v) is 7.20. The summed E-state index contributed by atoms with van der Waals surface area (Å²) < 4.78 is 0. The molecular formula is C14H29NO. The molecule has 0 radical (unpaired) electrons. The van der Waals surface area contributed by atoms with Gasteiger partial charge in [-0.05, 0) is 44.7 Å². The molecule has 0 spiro atoms. The van der Waals surface area contributed by atoms with E-state index in [0.29, 0.717) is 6.61 Å². The Morgan fingerprint density at radius 1 is 1.06 bits per heavy atom. The van der Waals surface area contributed by atoms with Crippen molar-refractivity contribution in [2.75, 3.05) is 26.2 Å². The van der Waals surface area contributed by atoms with Gasteiger partial charge in [0.25, 0.3) is 0 Å². The Bertz CT molecular complexity index is 153. The van der Waals surface area contributed by atoms with Crippen LogP contribution in [0.5, 0.6) is 0 Å². The molecule has 0 aromatic rings. The van der Waals surface area contributed by atoms with E-state index in [4.69, 9.17) is 5.11 Å². The Labute approximate surface area is 101 Å². The van der Waals surface area contributed by atoms with Gasteiger partial charge in [0, 0.05) is 13.2 Å². The Balaban J connectivity index is 2.19. The minimum Gasteiger partial charge on any atom is -0.396 e. The first-order chi connectivity index (χ1) is 7.86. The van der Waals surface area contributed by atoms with Gasteiger partial charge in [0.2, 0.25) is 0 Å². The topological polar surface area (TPSA) is 23.5 Å². The van der Waals surface area contributed by atoms with Gasteiger partial charge in [0.05, 0.1) is 0 Å². The lowest BCUT2D eigenvalue weighted by molar-refractivity contribution is 0.213. The fourth-order valence-electron chi connectivity index (χ4n) is 2.74. The van der Waals surface area contributed by atoms with E-state index in [9.17, 15) is 0 Å². The third-order valence-electron chi connectivity index (χ3n) is 3.82. The van der Waals surface area contributed by atoms with Crippen molar-refractivity contribution in [1.82, 2.24) is 4.90 Å². The smallest absolute Gasteiger partial charge is 0.0431 e. The molecular weight excluding hydrogens is 198 g/mol. The summed E-state index contributed by atoms with van der Waals surface area (Å²) in [5, 5.41) is 8.79. The largest absolute Gasteiger partial charge is 0.396 e. The van der Waals surface area contributed by atoms with E-state index in [1.54, 1.807) is 0 Å². The molecule has 0 atom stereocenters. The number of nitrogens with zero attached hydrogens (tertiary/aromatic N) is 1. The van der Waals surface area contributed by atoms with Crippen LogP contribution in [0.1, 0.15) is 58.3 Å². The van der Waals surface area contributed by atoms with Gasteiger partial charge in [0.15, 0.2) is 0 Å². The number of aliphatic hydroxyl groups excluding tert-OH is 1. The minimum atomic E-state index is 0.348. The minimum absolute atomic E-state index is 0.348. The average Bonchev–Trinajstić information content (AvgIpc) is 2.56. The highest BCUT2D eigenvalue weighted by molar-refractivity contribution is 4.69. The molecule has 1 aliphatic carbocycles. The molecule has 16 heavy (non-hydrogen) atoms. The second kappa shape index (κ2) is 9.00. The Hall–Kier alpha value is -0.0800. The van der Waals surface area contributed by atoms with Gasteiger partial charge in [0.1, 0.15) is 0 Å². The molecule has 0 saturated heterocycles. The lowest BCUT2D eigenvalue weighted by atomic mass is 9.99. The molecule has 2 nitrogen and oxygen atoms in total. The molecule has 1 N–H and O–H groups in total. The Morgan fingerprint density at radius 3 is 2.31 bits per heavy atom. The molecule has 0 amide bonds. The quantitative estimate of drug-likeness (QED) is 0.534. The van der Waals surface area contributed by atoms with Gasteiger partial charge in [-0.2, -0.15) is 0 Å². The number of hydrogen-bond donors (Lipinski definition) is 1. The van der Waals surface area contributed by atoms with Gasteiger partial charge >= 0.3 is 0 Å². The van der Waals surface area contributed by atoms with Crippen LogP contribution in [0.3, 0.4) is 0 Å². The molecule has 2 heteroatoms. The number of unbranched alkanes of at least 4 members (excludes halogenated alkanes) is 1. The number of aliphatic hydroxyl groups is 1. The van der Waals surface area contributed by atoms with E-state index in [0.717, 1.165) is 18.8 Å². The molecule has 1 aliphatic rings. The molecule has 0 heterocycles. The summed E-state index contributed by atoms with van der Waals surface area (Å²) in [7, 11) is 0. The third kappa shape index (κ3) is 5.86. The van der Waals surface area contributed by atoms with Gasteiger partial charge < -0.3 is 10.0 Å². The molecule has 0 bridgehead atoms. The second-order valence-electron chi connectivity index (χ2n) is 5.18. The summed E-state index contributed by atoms with van der Waals surface area (Å²) in [6.07, 6.45) is 10.8. The first-order valence-electron chi connectivity index (χ1n) is 7.20. The van der Waals surface area contributed by atoms with Crippen LogP contribution in [-0.4, -0.2) is 36.2 Å². The Morgan fingerprint density at radius 2 is 1.75 bits per heavy atom. The molecule has 0 aromatic heterocycles. The number of hydrogen-bond acceptors (Lipinski definition) is 2. The highest BCUT2D eigenvalue weighted by Crippen LogP contribution is 2.23. The maximum atomic E-state index is 8.79. The fraction of sp³-hybridized carbons (Fsp3) is 1.00. The fourth-order valence-corrected chi connectivity index (χ4v) is 2.74. The van der Waals surface area contributed by atoms with Crippen LogP contribution >= 0.6 is 0 Å². The lowest BCUT2D eigenvalue weighted by Crippen LogP contribution is -2.30. The maximum Gasteiger partial charge on any atom is 0.0431 e. The van der Waals surface area contributed by atoms with Crippen molar-refractivity contribution in [2.24, 2.45) is 5.92 Å². The van der Waals surface area contributed by atoms with Crippen molar-refractivity contribution in [3.8, 4) is 0 Å². The van der Waals surface area contributed by atoms with E-state index in [2.05, 4.69) is 11.8 Å². The van der Waals surface area contributed by atoms with Crippen LogP contribution in [0.25, 0.3) is 0 Å². The van der Waals surface area contributed by atoms with Gasteiger partial charge in [-0.1, -0.05) is 32.6 Å². The van der Waals surface area contributed by atoms with Crippen LogP contribution < -0.4 is 0 Å². The van der Waals surface area contributed by atoms with Crippen molar-refractivity contribution < 1.29 is 5.11 Å². The summed E-state index contributed by atoms with van der Waals surface area (Å²) >= 11 is 0. The zero-order valence-electron chi connectivity index (χ0n) is 11.0. The third-order valence-corrected chi connectivity index (χ3v) is 3.82. The van der Waals surface area contributed by atoms with E-state index in [-0.39, 0.29) is 0 Å². The molecule has 0 aliphatic heterocycles.